The van der Waals surface area contributed by atoms with E-state index in [4.69, 9.17) is 23.7 Å². The number of aliphatic hydroxyl groups excluding tert-OH is 9. The summed E-state index contributed by atoms with van der Waals surface area (Å²) in [6.45, 7) is -1.03. The van der Waals surface area contributed by atoms with Crippen LogP contribution in [-0.2, 0) is 28.5 Å². The molecule has 39 heavy (non-hydrogen) atoms. The van der Waals surface area contributed by atoms with E-state index in [9.17, 15) is 55.9 Å². The van der Waals surface area contributed by atoms with Gasteiger partial charge in [0.15, 0.2) is 12.4 Å². The first-order valence-electron chi connectivity index (χ1n) is 12.8. The minimum absolute atomic E-state index is 0.230. The fourth-order valence-corrected chi connectivity index (χ4v) is 5.20. The Morgan fingerprint density at radius 3 is 1.74 bits per heavy atom. The third-order valence-corrected chi connectivity index (χ3v) is 7.70. The van der Waals surface area contributed by atoms with Crippen LogP contribution in [0.15, 0.2) is 0 Å². The maximum Gasteiger partial charge on any atom is 0.333 e. The first-order valence-corrected chi connectivity index (χ1v) is 12.8. The highest BCUT2D eigenvalue weighted by atomic mass is 16.6. The van der Waals surface area contributed by atoms with Gasteiger partial charge in [-0.05, 0) is 6.92 Å². The molecule has 3 aliphatic heterocycles. The molecule has 3 heterocycles. The van der Waals surface area contributed by atoms with Gasteiger partial charge >= 0.3 is 5.97 Å². The summed E-state index contributed by atoms with van der Waals surface area (Å²) in [5.41, 5.74) is 0. The lowest BCUT2D eigenvalue weighted by atomic mass is 9.83. The number of hydrogen-bond donors (Lipinski definition) is 10. The Labute approximate surface area is 223 Å². The monoisotopic (exact) mass is 572 g/mol. The quantitative estimate of drug-likeness (QED) is 0.111. The summed E-state index contributed by atoms with van der Waals surface area (Å²) in [7, 11) is 0. The molecule has 0 spiro atoms. The lowest BCUT2D eigenvalue weighted by Crippen LogP contribution is -2.59. The van der Waals surface area contributed by atoms with Crippen molar-refractivity contribution in [1.29, 1.82) is 0 Å². The van der Waals surface area contributed by atoms with E-state index in [0.717, 1.165) is 0 Å². The molecule has 0 aromatic heterocycles. The highest BCUT2D eigenvalue weighted by Crippen LogP contribution is 2.32. The van der Waals surface area contributed by atoms with Crippen molar-refractivity contribution < 1.29 is 79.5 Å². The van der Waals surface area contributed by atoms with Crippen molar-refractivity contribution in [3.05, 3.63) is 0 Å². The van der Waals surface area contributed by atoms with Gasteiger partial charge in [0, 0.05) is 17.8 Å². The van der Waals surface area contributed by atoms with Crippen molar-refractivity contribution in [2.24, 2.45) is 17.8 Å². The molecule has 3 aliphatic rings. The molecule has 0 aromatic rings. The van der Waals surface area contributed by atoms with E-state index in [-0.39, 0.29) is 19.8 Å². The van der Waals surface area contributed by atoms with E-state index in [0.29, 0.717) is 0 Å². The fourth-order valence-electron chi connectivity index (χ4n) is 5.20. The number of carboxylic acid groups (broad SMARTS) is 1. The van der Waals surface area contributed by atoms with Gasteiger partial charge in [-0.25, -0.2) is 4.79 Å². The third kappa shape index (κ3) is 7.22. The molecule has 0 radical (unpaired) electrons. The second-order valence-electron chi connectivity index (χ2n) is 10.3. The lowest BCUT2D eigenvalue weighted by molar-refractivity contribution is -0.275. The molecule has 3 rings (SSSR count). The van der Waals surface area contributed by atoms with E-state index in [1.165, 1.54) is 6.92 Å². The Balaban J connectivity index is 1.60. The predicted octanol–water partition coefficient (Wildman–Crippen LogP) is -5.63. The highest BCUT2D eigenvalue weighted by Gasteiger charge is 2.49. The van der Waals surface area contributed by atoms with Crippen LogP contribution in [0.1, 0.15) is 6.92 Å². The average Bonchev–Trinajstić information content (AvgIpc) is 2.90. The van der Waals surface area contributed by atoms with E-state index in [1.54, 1.807) is 0 Å². The first kappa shape index (κ1) is 32.4. The second kappa shape index (κ2) is 14.2. The predicted molar refractivity (Wildman–Crippen MR) is 124 cm³/mol. The zero-order valence-corrected chi connectivity index (χ0v) is 21.3. The zero-order chi connectivity index (χ0) is 29.0. The van der Waals surface area contributed by atoms with Crippen molar-refractivity contribution >= 4 is 5.97 Å². The third-order valence-electron chi connectivity index (χ3n) is 7.70. The Morgan fingerprint density at radius 2 is 1.18 bits per heavy atom. The van der Waals surface area contributed by atoms with Gasteiger partial charge in [0.05, 0.1) is 58.0 Å². The van der Waals surface area contributed by atoms with Gasteiger partial charge in [0.25, 0.3) is 0 Å². The van der Waals surface area contributed by atoms with Crippen molar-refractivity contribution in [3.63, 3.8) is 0 Å². The van der Waals surface area contributed by atoms with Gasteiger partial charge in [-0.2, -0.15) is 0 Å². The van der Waals surface area contributed by atoms with Gasteiger partial charge in [-0.1, -0.05) is 0 Å². The molecule has 0 aromatic carbocycles. The van der Waals surface area contributed by atoms with Gasteiger partial charge < -0.3 is 74.7 Å². The molecule has 0 amide bonds. The molecule has 15 atom stereocenters. The summed E-state index contributed by atoms with van der Waals surface area (Å²) in [5.74, 6) is -4.53. The van der Waals surface area contributed by atoms with Crippen LogP contribution in [0.5, 0.6) is 0 Å². The summed E-state index contributed by atoms with van der Waals surface area (Å²) < 4.78 is 27.3. The van der Waals surface area contributed by atoms with Crippen LogP contribution in [0, 0.1) is 17.8 Å². The summed E-state index contributed by atoms with van der Waals surface area (Å²) >= 11 is 0. The summed E-state index contributed by atoms with van der Waals surface area (Å²) in [4.78, 5) is 11.5. The number of aliphatic carboxylic acids is 1. The number of aliphatic hydroxyl groups is 9. The van der Waals surface area contributed by atoms with Gasteiger partial charge in [-0.15, -0.1) is 0 Å². The molecule has 10 N–H and O–H groups in total. The molecular formula is C23H40O16. The van der Waals surface area contributed by atoms with E-state index >= 15 is 0 Å². The average molecular weight is 573 g/mol. The number of hydrogen-bond acceptors (Lipinski definition) is 15. The standard InChI is InChI=1S/C23H40O16/c1-8-15(26)20(31)19(30)13(37-8)6-35-4-10-11(23(34)39-12(3-25)16(10)27)5-36-7-14-18(29)17(28)9(2-24)21(38-14)22(32)33/h8-21,23-31,34H,2-7H2,1H3,(H,32,33)/t8?,9-,10?,11?,12?,13-,14-,15+,16-,17?,18?,19?,20?,21?,23-/m0/s1. The lowest BCUT2D eigenvalue weighted by Gasteiger charge is -2.43. The molecule has 16 heteroatoms. The second-order valence-corrected chi connectivity index (χ2v) is 10.3. The number of carboxylic acids is 1. The van der Waals surface area contributed by atoms with Gasteiger partial charge in [0.1, 0.15) is 42.7 Å². The molecule has 3 saturated heterocycles. The molecule has 0 bridgehead atoms. The Kier molecular flexibility index (Phi) is 11.8. The van der Waals surface area contributed by atoms with E-state index in [2.05, 4.69) is 0 Å². The summed E-state index contributed by atoms with van der Waals surface area (Å²) in [6.07, 6.45) is -16.0. The van der Waals surface area contributed by atoms with Gasteiger partial charge in [0.2, 0.25) is 0 Å². The molecule has 0 aliphatic carbocycles. The largest absolute Gasteiger partial charge is 0.479 e. The molecule has 0 saturated carbocycles. The van der Waals surface area contributed by atoms with Crippen LogP contribution in [0.3, 0.4) is 0 Å². The van der Waals surface area contributed by atoms with E-state index < -0.39 is 117 Å². The Hall–Kier alpha value is -1.09. The van der Waals surface area contributed by atoms with Crippen LogP contribution in [0.2, 0.25) is 0 Å². The summed E-state index contributed by atoms with van der Waals surface area (Å²) in [6, 6.07) is 0. The number of ether oxygens (including phenoxy) is 5. The SMILES string of the molecule is CC1O[C@@H](COCC2C(COC[C@@H]3OC(C(=O)O)[C@@H](CO)C(O)C3O)[C@@H](O)OC(CO)[C@H]2O)C(O)C(O)[C@@H]1O. The molecule has 3 fully saturated rings. The van der Waals surface area contributed by atoms with Crippen LogP contribution < -0.4 is 0 Å². The molecule has 16 nitrogen and oxygen atoms in total. The molecular weight excluding hydrogens is 532 g/mol. The number of rotatable bonds is 11. The first-order chi connectivity index (χ1) is 18.4. The van der Waals surface area contributed by atoms with Crippen molar-refractivity contribution in [1.82, 2.24) is 0 Å². The zero-order valence-electron chi connectivity index (χ0n) is 21.3. The van der Waals surface area contributed by atoms with Crippen molar-refractivity contribution in [3.8, 4) is 0 Å². The minimum atomic E-state index is -1.60. The smallest absolute Gasteiger partial charge is 0.333 e. The van der Waals surface area contributed by atoms with Crippen molar-refractivity contribution in [2.75, 3.05) is 39.6 Å². The van der Waals surface area contributed by atoms with Crippen LogP contribution in [0.25, 0.3) is 0 Å². The van der Waals surface area contributed by atoms with Crippen LogP contribution >= 0.6 is 0 Å². The molecule has 228 valence electrons. The highest BCUT2D eigenvalue weighted by molar-refractivity contribution is 5.73. The van der Waals surface area contributed by atoms with Crippen LogP contribution in [-0.4, -0.2) is 170 Å². The number of carbonyl (C=O) groups is 1. The fraction of sp³-hybridized carbons (Fsp3) is 0.957. The molecule has 9 unspecified atom stereocenters. The topological polar surface area (TPSA) is 266 Å². The van der Waals surface area contributed by atoms with Gasteiger partial charge in [-0.3, -0.25) is 0 Å². The minimum Gasteiger partial charge on any atom is -0.479 e. The Morgan fingerprint density at radius 1 is 0.615 bits per heavy atom. The summed E-state index contributed by atoms with van der Waals surface area (Å²) in [5, 5.41) is 100. The van der Waals surface area contributed by atoms with E-state index in [1.807, 2.05) is 0 Å². The van der Waals surface area contributed by atoms with Crippen LogP contribution in [0.4, 0.5) is 0 Å². The maximum atomic E-state index is 11.5. The Bertz CT molecular complexity index is 772. The maximum absolute atomic E-state index is 11.5. The van der Waals surface area contributed by atoms with Crippen molar-refractivity contribution in [2.45, 2.75) is 80.4 Å². The normalized spacial score (nSPS) is 47.2.